The van der Waals surface area contributed by atoms with Crippen LogP contribution >= 0.6 is 12.4 Å². The summed E-state index contributed by atoms with van der Waals surface area (Å²) in [6, 6.07) is 5.38. The Morgan fingerprint density at radius 1 is 1.36 bits per heavy atom. The number of phenolic OH excluding ortho intramolecular Hbond substituents is 1. The second-order valence-electron chi connectivity index (χ2n) is 3.24. The lowest BCUT2D eigenvalue weighted by atomic mass is 10.2. The molecule has 0 saturated carbocycles. The predicted octanol–water partition coefficient (Wildman–Crippen LogP) is 1.88. The number of hydrogen-bond donors (Lipinski definition) is 1. The van der Waals surface area contributed by atoms with Gasteiger partial charge in [0.2, 0.25) is 0 Å². The Labute approximate surface area is 90.7 Å². The van der Waals surface area contributed by atoms with E-state index in [-0.39, 0.29) is 18.2 Å². The Morgan fingerprint density at radius 2 is 2.00 bits per heavy atom. The van der Waals surface area contributed by atoms with Gasteiger partial charge >= 0.3 is 0 Å². The molecule has 80 valence electrons. The lowest BCUT2D eigenvalue weighted by Gasteiger charge is -2.11. The molecule has 0 fully saturated rings. The quantitative estimate of drug-likeness (QED) is 0.840. The van der Waals surface area contributed by atoms with E-state index in [0.29, 0.717) is 5.75 Å². The molecule has 14 heavy (non-hydrogen) atoms. The summed E-state index contributed by atoms with van der Waals surface area (Å²) in [5, 5.41) is 9.33. The summed E-state index contributed by atoms with van der Waals surface area (Å²) in [5.41, 5.74) is 1.12. The monoisotopic (exact) mass is 217 g/mol. The third kappa shape index (κ3) is 3.44. The van der Waals surface area contributed by atoms with Gasteiger partial charge in [-0.15, -0.1) is 12.4 Å². The number of ether oxygens (including phenoxy) is 1. The maximum absolute atomic E-state index is 9.33. The smallest absolute Gasteiger partial charge is 0.160 e. The van der Waals surface area contributed by atoms with Crippen molar-refractivity contribution in [2.75, 3.05) is 21.2 Å². The van der Waals surface area contributed by atoms with Gasteiger partial charge in [-0.25, -0.2) is 0 Å². The normalized spacial score (nSPS) is 9.71. The van der Waals surface area contributed by atoms with Crippen molar-refractivity contribution < 1.29 is 9.84 Å². The van der Waals surface area contributed by atoms with Crippen LogP contribution in [0, 0.1) is 0 Å². The van der Waals surface area contributed by atoms with Gasteiger partial charge in [-0.2, -0.15) is 0 Å². The number of halogens is 1. The third-order valence-corrected chi connectivity index (χ3v) is 1.74. The molecule has 1 N–H and O–H groups in total. The molecule has 0 aliphatic rings. The maximum atomic E-state index is 9.33. The molecule has 0 spiro atoms. The number of phenols is 1. The molecule has 0 saturated heterocycles. The van der Waals surface area contributed by atoms with Gasteiger partial charge in [-0.1, -0.05) is 6.07 Å². The molecule has 1 aromatic carbocycles. The highest BCUT2D eigenvalue weighted by Crippen LogP contribution is 2.26. The number of benzene rings is 1. The van der Waals surface area contributed by atoms with Crippen LogP contribution in [0.4, 0.5) is 0 Å². The Hall–Kier alpha value is -0.930. The summed E-state index contributed by atoms with van der Waals surface area (Å²) in [4.78, 5) is 2.06. The average molecular weight is 218 g/mol. The zero-order valence-electron chi connectivity index (χ0n) is 8.65. The molecular weight excluding hydrogens is 202 g/mol. The molecule has 0 unspecified atom stereocenters. The molecule has 0 amide bonds. The van der Waals surface area contributed by atoms with Gasteiger partial charge in [-0.05, 0) is 31.8 Å². The molecule has 0 aliphatic heterocycles. The molecule has 0 aromatic heterocycles. The first kappa shape index (κ1) is 13.1. The maximum Gasteiger partial charge on any atom is 0.160 e. The van der Waals surface area contributed by atoms with Gasteiger partial charge < -0.3 is 14.7 Å². The summed E-state index contributed by atoms with van der Waals surface area (Å²) < 4.78 is 5.00. The van der Waals surface area contributed by atoms with Gasteiger partial charge in [0.05, 0.1) is 7.11 Å². The molecular formula is C10H16ClNO2. The third-order valence-electron chi connectivity index (χ3n) is 1.74. The second kappa shape index (κ2) is 5.73. The average Bonchev–Trinajstić information content (AvgIpc) is 2.07. The van der Waals surface area contributed by atoms with Crippen LogP contribution in [-0.4, -0.2) is 31.2 Å². The van der Waals surface area contributed by atoms with Crippen molar-refractivity contribution in [1.82, 2.24) is 4.90 Å². The molecule has 3 nitrogen and oxygen atoms in total. The largest absolute Gasteiger partial charge is 0.504 e. The van der Waals surface area contributed by atoms with E-state index in [1.54, 1.807) is 13.2 Å². The van der Waals surface area contributed by atoms with Gasteiger partial charge in [-0.3, -0.25) is 0 Å². The highest BCUT2D eigenvalue weighted by atomic mass is 35.5. The van der Waals surface area contributed by atoms with Crippen LogP contribution in [0.15, 0.2) is 18.2 Å². The molecule has 0 radical (unpaired) electrons. The minimum Gasteiger partial charge on any atom is -0.504 e. The van der Waals surface area contributed by atoms with Gasteiger partial charge in [0.25, 0.3) is 0 Å². The van der Waals surface area contributed by atoms with Gasteiger partial charge in [0, 0.05) is 6.54 Å². The Kier molecular flexibility index (Phi) is 5.35. The lowest BCUT2D eigenvalue weighted by molar-refractivity contribution is 0.368. The first-order valence-electron chi connectivity index (χ1n) is 4.14. The van der Waals surface area contributed by atoms with E-state index in [1.807, 2.05) is 26.2 Å². The predicted molar refractivity (Wildman–Crippen MR) is 59.3 cm³/mol. The summed E-state index contributed by atoms with van der Waals surface area (Å²) in [6.07, 6.45) is 0. The SMILES string of the molecule is COc1cc(CN(C)C)ccc1O.Cl. The standard InChI is InChI=1S/C10H15NO2.ClH/c1-11(2)7-8-4-5-9(12)10(6-8)13-3;/h4-6,12H,7H2,1-3H3;1H. The summed E-state index contributed by atoms with van der Waals surface area (Å²) >= 11 is 0. The van der Waals surface area contributed by atoms with Crippen molar-refractivity contribution in [3.05, 3.63) is 23.8 Å². The molecule has 0 atom stereocenters. The van der Waals surface area contributed by atoms with Crippen LogP contribution in [-0.2, 0) is 6.54 Å². The van der Waals surface area contributed by atoms with Crippen molar-refractivity contribution in [2.24, 2.45) is 0 Å². The number of nitrogens with zero attached hydrogens (tertiary/aromatic N) is 1. The van der Waals surface area contributed by atoms with Crippen molar-refractivity contribution in [3.63, 3.8) is 0 Å². The molecule has 0 heterocycles. The summed E-state index contributed by atoms with van der Waals surface area (Å²) in [5.74, 6) is 0.712. The van der Waals surface area contributed by atoms with E-state index in [4.69, 9.17) is 4.74 Å². The second-order valence-corrected chi connectivity index (χ2v) is 3.24. The summed E-state index contributed by atoms with van der Waals surface area (Å²) in [7, 11) is 5.55. The Balaban J connectivity index is 0.00000169. The fourth-order valence-corrected chi connectivity index (χ4v) is 1.19. The van der Waals surface area contributed by atoms with Crippen molar-refractivity contribution >= 4 is 12.4 Å². The molecule has 0 bridgehead atoms. The lowest BCUT2D eigenvalue weighted by Crippen LogP contribution is -2.10. The van der Waals surface area contributed by atoms with Crippen LogP contribution in [0.3, 0.4) is 0 Å². The zero-order valence-corrected chi connectivity index (χ0v) is 9.47. The highest BCUT2D eigenvalue weighted by molar-refractivity contribution is 5.85. The number of methoxy groups -OCH3 is 1. The summed E-state index contributed by atoms with van der Waals surface area (Å²) in [6.45, 7) is 0.844. The van der Waals surface area contributed by atoms with Crippen molar-refractivity contribution in [2.45, 2.75) is 6.54 Å². The fraction of sp³-hybridized carbons (Fsp3) is 0.400. The van der Waals surface area contributed by atoms with Crippen LogP contribution in [0.5, 0.6) is 11.5 Å². The van der Waals surface area contributed by atoms with Crippen molar-refractivity contribution in [1.29, 1.82) is 0 Å². The van der Waals surface area contributed by atoms with E-state index < -0.39 is 0 Å². The molecule has 1 rings (SSSR count). The molecule has 1 aromatic rings. The van der Waals surface area contributed by atoms with Crippen molar-refractivity contribution in [3.8, 4) is 11.5 Å². The van der Waals surface area contributed by atoms with Crippen LogP contribution in [0.25, 0.3) is 0 Å². The first-order valence-corrected chi connectivity index (χ1v) is 4.14. The molecule has 0 aliphatic carbocycles. The minimum absolute atomic E-state index is 0. The van der Waals surface area contributed by atoms with E-state index in [1.165, 1.54) is 0 Å². The van der Waals surface area contributed by atoms with E-state index in [0.717, 1.165) is 12.1 Å². The zero-order chi connectivity index (χ0) is 9.84. The Morgan fingerprint density at radius 3 is 2.50 bits per heavy atom. The van der Waals surface area contributed by atoms with Gasteiger partial charge in [0.15, 0.2) is 11.5 Å². The highest BCUT2D eigenvalue weighted by Gasteiger charge is 2.02. The van der Waals surface area contributed by atoms with Crippen LogP contribution in [0.2, 0.25) is 0 Å². The van der Waals surface area contributed by atoms with Crippen LogP contribution < -0.4 is 4.74 Å². The minimum atomic E-state index is 0. The fourth-order valence-electron chi connectivity index (χ4n) is 1.19. The topological polar surface area (TPSA) is 32.7 Å². The van der Waals surface area contributed by atoms with Gasteiger partial charge in [0.1, 0.15) is 0 Å². The molecule has 4 heteroatoms. The van der Waals surface area contributed by atoms with E-state index >= 15 is 0 Å². The van der Waals surface area contributed by atoms with E-state index in [9.17, 15) is 5.11 Å². The van der Waals surface area contributed by atoms with Crippen LogP contribution in [0.1, 0.15) is 5.56 Å². The Bertz CT molecular complexity index is 289. The number of rotatable bonds is 3. The number of hydrogen-bond acceptors (Lipinski definition) is 3. The number of aromatic hydroxyl groups is 1. The first-order chi connectivity index (χ1) is 6.13. The van der Waals surface area contributed by atoms with E-state index in [2.05, 4.69) is 4.90 Å².